The van der Waals surface area contributed by atoms with Crippen molar-refractivity contribution in [2.24, 2.45) is 0 Å². The smallest absolute Gasteiger partial charge is 0.263 e. The predicted molar refractivity (Wildman–Crippen MR) is 117 cm³/mol. The number of carbonyl (C=O) groups excluding carboxylic acids is 1. The molecule has 1 heterocycles. The summed E-state index contributed by atoms with van der Waals surface area (Å²) >= 11 is 6.02. The summed E-state index contributed by atoms with van der Waals surface area (Å²) in [6.45, 7) is 3.77. The summed E-state index contributed by atoms with van der Waals surface area (Å²) in [5.74, 6) is 0.684. The van der Waals surface area contributed by atoms with Crippen LogP contribution in [-0.2, 0) is 14.8 Å². The molecular formula is C21H25ClN2O5S. The van der Waals surface area contributed by atoms with E-state index in [4.69, 9.17) is 21.1 Å². The highest BCUT2D eigenvalue weighted by Gasteiger charge is 2.35. The zero-order chi connectivity index (χ0) is 22.1. The van der Waals surface area contributed by atoms with Crippen molar-refractivity contribution in [1.29, 1.82) is 0 Å². The highest BCUT2D eigenvalue weighted by Crippen LogP contribution is 2.37. The largest absolute Gasteiger partial charge is 0.496 e. The number of nitrogens with zero attached hydrogens (tertiary/aromatic N) is 1. The lowest BCUT2D eigenvalue weighted by molar-refractivity contribution is -0.128. The van der Waals surface area contributed by atoms with E-state index in [2.05, 4.69) is 5.32 Å². The Morgan fingerprint density at radius 3 is 2.67 bits per heavy atom. The first-order valence-electron chi connectivity index (χ1n) is 9.52. The van der Waals surface area contributed by atoms with Crippen LogP contribution in [0.5, 0.6) is 11.5 Å². The van der Waals surface area contributed by atoms with E-state index in [0.717, 1.165) is 27.4 Å². The van der Waals surface area contributed by atoms with Crippen molar-refractivity contribution >= 4 is 33.2 Å². The van der Waals surface area contributed by atoms with Gasteiger partial charge in [-0.05, 0) is 48.7 Å². The van der Waals surface area contributed by atoms with Crippen LogP contribution < -0.4 is 19.1 Å². The van der Waals surface area contributed by atoms with Crippen LogP contribution in [0.25, 0.3) is 0 Å². The second kappa shape index (κ2) is 8.73. The highest BCUT2D eigenvalue weighted by atomic mass is 35.5. The van der Waals surface area contributed by atoms with E-state index in [1.54, 1.807) is 19.2 Å². The molecular weight excluding hydrogens is 428 g/mol. The maximum absolute atomic E-state index is 13.0. The molecule has 0 fully saturated rings. The maximum Gasteiger partial charge on any atom is 0.263 e. The monoisotopic (exact) mass is 452 g/mol. The minimum absolute atomic E-state index is 0.129. The summed E-state index contributed by atoms with van der Waals surface area (Å²) in [7, 11) is -2.01. The summed E-state index contributed by atoms with van der Waals surface area (Å²) in [6.07, 6.45) is 0.765. The van der Waals surface area contributed by atoms with Crippen LogP contribution in [0.3, 0.4) is 0 Å². The average Bonchev–Trinajstić information content (AvgIpc) is 2.70. The Hall–Kier alpha value is -2.45. The number of methoxy groups -OCH3 is 1. The molecule has 0 unspecified atom stereocenters. The Kier molecular flexibility index (Phi) is 6.47. The molecule has 2 aromatic rings. The van der Waals surface area contributed by atoms with E-state index < -0.39 is 16.1 Å². The van der Waals surface area contributed by atoms with Gasteiger partial charge in [0.25, 0.3) is 5.91 Å². The van der Waals surface area contributed by atoms with Gasteiger partial charge >= 0.3 is 0 Å². The SMILES string of the molecule is CC[C@@H](NC(=O)[C@@H]1CN(S(C)(=O)=O)c2cc(Cl)ccc2O1)c1ccc(OC)c(C)c1. The van der Waals surface area contributed by atoms with Crippen molar-refractivity contribution in [2.75, 3.05) is 24.2 Å². The second-order valence-electron chi connectivity index (χ2n) is 7.21. The van der Waals surface area contributed by atoms with Crippen LogP contribution in [0.4, 0.5) is 5.69 Å². The van der Waals surface area contributed by atoms with Gasteiger partial charge in [0.15, 0.2) is 6.10 Å². The number of hydrogen-bond acceptors (Lipinski definition) is 5. The number of nitrogens with one attached hydrogen (secondary N) is 1. The zero-order valence-electron chi connectivity index (χ0n) is 17.3. The van der Waals surface area contributed by atoms with Gasteiger partial charge in [-0.1, -0.05) is 30.7 Å². The van der Waals surface area contributed by atoms with Crippen molar-refractivity contribution in [3.63, 3.8) is 0 Å². The van der Waals surface area contributed by atoms with Gasteiger partial charge in [0, 0.05) is 5.02 Å². The number of benzene rings is 2. The van der Waals surface area contributed by atoms with Gasteiger partial charge < -0.3 is 14.8 Å². The fourth-order valence-corrected chi connectivity index (χ4v) is 4.55. The number of rotatable bonds is 6. The number of anilines is 1. The van der Waals surface area contributed by atoms with Crippen LogP contribution in [0.1, 0.15) is 30.5 Å². The molecule has 0 radical (unpaired) electrons. The lowest BCUT2D eigenvalue weighted by Crippen LogP contribution is -2.51. The number of hydrogen-bond donors (Lipinski definition) is 1. The van der Waals surface area contributed by atoms with Crippen LogP contribution in [0.2, 0.25) is 5.02 Å². The highest BCUT2D eigenvalue weighted by molar-refractivity contribution is 7.92. The van der Waals surface area contributed by atoms with E-state index in [9.17, 15) is 13.2 Å². The Morgan fingerprint density at radius 2 is 2.07 bits per heavy atom. The lowest BCUT2D eigenvalue weighted by atomic mass is 10.0. The van der Waals surface area contributed by atoms with Gasteiger partial charge in [-0.2, -0.15) is 0 Å². The predicted octanol–water partition coefficient (Wildman–Crippen LogP) is 3.45. The quantitative estimate of drug-likeness (QED) is 0.725. The van der Waals surface area contributed by atoms with E-state index in [1.165, 1.54) is 6.07 Å². The molecule has 1 N–H and O–H groups in total. The molecule has 0 saturated carbocycles. The third-order valence-electron chi connectivity index (χ3n) is 5.03. The van der Waals surface area contributed by atoms with Gasteiger partial charge in [-0.3, -0.25) is 9.10 Å². The Labute approximate surface area is 182 Å². The van der Waals surface area contributed by atoms with Crippen molar-refractivity contribution in [2.45, 2.75) is 32.4 Å². The molecule has 30 heavy (non-hydrogen) atoms. The third kappa shape index (κ3) is 4.65. The number of ether oxygens (including phenoxy) is 2. The van der Waals surface area contributed by atoms with E-state index in [1.807, 2.05) is 32.0 Å². The molecule has 1 aliphatic heterocycles. The molecule has 0 spiro atoms. The zero-order valence-corrected chi connectivity index (χ0v) is 18.9. The van der Waals surface area contributed by atoms with Crippen LogP contribution in [0, 0.1) is 6.92 Å². The number of fused-ring (bicyclic) bond motifs is 1. The molecule has 1 aliphatic rings. The molecule has 162 valence electrons. The fourth-order valence-electron chi connectivity index (χ4n) is 3.48. The Bertz CT molecular complexity index is 1060. The van der Waals surface area contributed by atoms with Crippen molar-refractivity contribution < 1.29 is 22.7 Å². The minimum Gasteiger partial charge on any atom is -0.496 e. The first kappa shape index (κ1) is 22.2. The van der Waals surface area contributed by atoms with Crippen LogP contribution in [-0.4, -0.2) is 40.3 Å². The molecule has 0 bridgehead atoms. The molecule has 0 aromatic heterocycles. The first-order chi connectivity index (χ1) is 14.1. The molecule has 7 nitrogen and oxygen atoms in total. The van der Waals surface area contributed by atoms with Crippen molar-refractivity contribution in [3.05, 3.63) is 52.5 Å². The first-order valence-corrected chi connectivity index (χ1v) is 11.8. The van der Waals surface area contributed by atoms with Crippen LogP contribution >= 0.6 is 11.6 Å². The summed E-state index contributed by atoms with van der Waals surface area (Å²) in [5.41, 5.74) is 2.23. The molecule has 0 saturated heterocycles. The Morgan fingerprint density at radius 1 is 1.33 bits per heavy atom. The number of halogens is 1. The van der Waals surface area contributed by atoms with Gasteiger partial charge in [-0.25, -0.2) is 8.42 Å². The van der Waals surface area contributed by atoms with E-state index >= 15 is 0 Å². The van der Waals surface area contributed by atoms with Gasteiger partial charge in [0.05, 0.1) is 31.6 Å². The lowest BCUT2D eigenvalue weighted by Gasteiger charge is -2.34. The third-order valence-corrected chi connectivity index (χ3v) is 6.41. The number of aryl methyl sites for hydroxylation is 1. The molecule has 1 amide bonds. The van der Waals surface area contributed by atoms with Gasteiger partial charge in [0.1, 0.15) is 11.5 Å². The number of amides is 1. The van der Waals surface area contributed by atoms with E-state index in [0.29, 0.717) is 22.9 Å². The Balaban J connectivity index is 1.84. The van der Waals surface area contributed by atoms with Gasteiger partial charge in [0.2, 0.25) is 10.0 Å². The van der Waals surface area contributed by atoms with Gasteiger partial charge in [-0.15, -0.1) is 0 Å². The molecule has 3 rings (SSSR count). The normalized spacial score (nSPS) is 17.0. The second-order valence-corrected chi connectivity index (χ2v) is 9.55. The average molecular weight is 453 g/mol. The number of carbonyl (C=O) groups is 1. The molecule has 0 aliphatic carbocycles. The van der Waals surface area contributed by atoms with Crippen LogP contribution in [0.15, 0.2) is 36.4 Å². The fraction of sp³-hybridized carbons (Fsp3) is 0.381. The summed E-state index contributed by atoms with van der Waals surface area (Å²) < 4.78 is 36.9. The molecule has 2 atom stereocenters. The molecule has 2 aromatic carbocycles. The topological polar surface area (TPSA) is 84.9 Å². The van der Waals surface area contributed by atoms with Crippen molar-refractivity contribution in [1.82, 2.24) is 5.32 Å². The summed E-state index contributed by atoms with van der Waals surface area (Å²) in [4.78, 5) is 13.0. The summed E-state index contributed by atoms with van der Waals surface area (Å²) in [6, 6.07) is 10.2. The van der Waals surface area contributed by atoms with E-state index in [-0.39, 0.29) is 18.5 Å². The maximum atomic E-state index is 13.0. The minimum atomic E-state index is -3.62. The summed E-state index contributed by atoms with van der Waals surface area (Å²) in [5, 5.41) is 3.36. The standard InChI is InChI=1S/C21H25ClN2O5S/c1-5-16(14-6-8-18(28-3)13(2)10-14)23-21(25)20-12-24(30(4,26)27)17-11-15(22)7-9-19(17)29-20/h6-11,16,20H,5,12H2,1-4H3,(H,23,25)/t16-,20+/m1/s1. The number of sulfonamides is 1. The molecule has 9 heteroatoms. The van der Waals surface area contributed by atoms with Crippen molar-refractivity contribution in [3.8, 4) is 11.5 Å².